The van der Waals surface area contributed by atoms with Gasteiger partial charge in [0.15, 0.2) is 17.4 Å². The predicted octanol–water partition coefficient (Wildman–Crippen LogP) is 2.85. The van der Waals surface area contributed by atoms with Gasteiger partial charge in [0, 0.05) is 17.5 Å². The summed E-state index contributed by atoms with van der Waals surface area (Å²) in [5.74, 6) is 0.728. The number of nitrogens with one attached hydrogen (secondary N) is 1. The van der Waals surface area contributed by atoms with Gasteiger partial charge in [-0.15, -0.1) is 0 Å². The Hall–Kier alpha value is -3.25. The van der Waals surface area contributed by atoms with Crippen molar-refractivity contribution >= 4 is 28.5 Å². The standard InChI is InChI=1S/C23H21FN4O/c1-28(2)12-13-29-22-17-15-10-6-7-11-16(15)25-19(17)18(24)20-21(22)27-23(26-20)14-8-4-3-5-9-14/h3-9,11,25H,10,12-13H2,1-2H3. The fraction of sp³-hybridized carbons (Fsp3) is 0.217. The fourth-order valence-electron chi connectivity index (χ4n) is 3.76. The largest absolute Gasteiger partial charge is 0.489 e. The van der Waals surface area contributed by atoms with Crippen molar-refractivity contribution in [3.05, 3.63) is 70.1 Å². The van der Waals surface area contributed by atoms with E-state index in [0.717, 1.165) is 34.8 Å². The van der Waals surface area contributed by atoms with Gasteiger partial charge in [-0.2, -0.15) is 0 Å². The number of halogens is 1. The molecular weight excluding hydrogens is 367 g/mol. The zero-order chi connectivity index (χ0) is 20.0. The number of benzene rings is 2. The number of H-pyrrole nitrogens is 1. The quantitative estimate of drug-likeness (QED) is 0.731. The molecule has 0 amide bonds. The highest BCUT2D eigenvalue weighted by Crippen LogP contribution is 2.38. The molecule has 0 bridgehead atoms. The Morgan fingerprint density at radius 1 is 1.17 bits per heavy atom. The van der Waals surface area contributed by atoms with E-state index in [1.807, 2.05) is 61.5 Å². The van der Waals surface area contributed by atoms with Gasteiger partial charge < -0.3 is 14.6 Å². The van der Waals surface area contributed by atoms with E-state index in [9.17, 15) is 0 Å². The SMILES string of the molecule is CN(C)CCOc1c2c(c(F)c3[nH]c4c(c13)CC=CC=4)=NC(c1ccccc1)=N2. The number of aromatic amines is 1. The van der Waals surface area contributed by atoms with Crippen molar-refractivity contribution in [2.24, 2.45) is 9.98 Å². The molecular formula is C23H21FN4O. The fourth-order valence-corrected chi connectivity index (χ4v) is 3.76. The molecule has 2 aliphatic rings. The van der Waals surface area contributed by atoms with E-state index in [4.69, 9.17) is 4.74 Å². The van der Waals surface area contributed by atoms with Gasteiger partial charge >= 0.3 is 0 Å². The van der Waals surface area contributed by atoms with E-state index in [2.05, 4.69) is 21.0 Å². The lowest BCUT2D eigenvalue weighted by molar-refractivity contribution is 0.264. The first kappa shape index (κ1) is 17.8. The van der Waals surface area contributed by atoms with Crippen LogP contribution in [0.1, 0.15) is 11.1 Å². The van der Waals surface area contributed by atoms with Gasteiger partial charge in [0.2, 0.25) is 0 Å². The number of nitrogens with zero attached hydrogens (tertiary/aromatic N) is 3. The van der Waals surface area contributed by atoms with Crippen molar-refractivity contribution < 1.29 is 9.13 Å². The minimum absolute atomic E-state index is 0.239. The first-order valence-electron chi connectivity index (χ1n) is 9.66. The smallest absolute Gasteiger partial charge is 0.175 e. The molecule has 146 valence electrons. The number of allylic oxidation sites excluding steroid dienone is 2. The van der Waals surface area contributed by atoms with Crippen LogP contribution in [0.5, 0.6) is 5.75 Å². The molecule has 0 spiro atoms. The van der Waals surface area contributed by atoms with Crippen LogP contribution >= 0.6 is 0 Å². The number of fused-ring (bicyclic) bond motifs is 4. The zero-order valence-corrected chi connectivity index (χ0v) is 16.4. The van der Waals surface area contributed by atoms with E-state index < -0.39 is 0 Å². The number of rotatable bonds is 5. The normalized spacial score (nSPS) is 14.4. The van der Waals surface area contributed by atoms with Crippen LogP contribution < -0.4 is 15.4 Å². The van der Waals surface area contributed by atoms with Crippen molar-refractivity contribution in [2.75, 3.05) is 27.2 Å². The summed E-state index contributed by atoms with van der Waals surface area (Å²) in [4.78, 5) is 14.5. The number of ether oxygens (including phenoxy) is 1. The van der Waals surface area contributed by atoms with Crippen LogP contribution in [-0.4, -0.2) is 43.0 Å². The third kappa shape index (κ3) is 2.96. The second-order valence-electron chi connectivity index (χ2n) is 7.47. The Labute approximate surface area is 167 Å². The second kappa shape index (κ2) is 6.97. The maximum Gasteiger partial charge on any atom is 0.175 e. The van der Waals surface area contributed by atoms with E-state index >= 15 is 4.39 Å². The predicted molar refractivity (Wildman–Crippen MR) is 113 cm³/mol. The summed E-state index contributed by atoms with van der Waals surface area (Å²) in [6.07, 6.45) is 6.72. The molecule has 1 N–H and O–H groups in total. The molecule has 5 rings (SSSR count). The van der Waals surface area contributed by atoms with Crippen LogP contribution in [0.3, 0.4) is 0 Å². The van der Waals surface area contributed by atoms with E-state index in [0.29, 0.717) is 29.4 Å². The molecule has 1 aliphatic heterocycles. The monoisotopic (exact) mass is 388 g/mol. The second-order valence-corrected chi connectivity index (χ2v) is 7.47. The van der Waals surface area contributed by atoms with Crippen LogP contribution in [0.15, 0.2) is 52.5 Å². The topological polar surface area (TPSA) is 53.0 Å². The first-order valence-corrected chi connectivity index (χ1v) is 9.66. The van der Waals surface area contributed by atoms with Crippen LogP contribution in [0.4, 0.5) is 10.1 Å². The Morgan fingerprint density at radius 2 is 2.00 bits per heavy atom. The van der Waals surface area contributed by atoms with Crippen LogP contribution in [0.25, 0.3) is 17.0 Å². The number of amidine groups is 1. The average molecular weight is 388 g/mol. The third-order valence-corrected chi connectivity index (χ3v) is 5.20. The molecule has 1 aliphatic carbocycles. The van der Waals surface area contributed by atoms with Crippen molar-refractivity contribution in [3.63, 3.8) is 0 Å². The highest BCUT2D eigenvalue weighted by Gasteiger charge is 2.26. The molecule has 29 heavy (non-hydrogen) atoms. The molecule has 6 heteroatoms. The van der Waals surface area contributed by atoms with E-state index in [1.54, 1.807) is 0 Å². The molecule has 1 aromatic heterocycles. The van der Waals surface area contributed by atoms with Gasteiger partial charge in [-0.25, -0.2) is 14.4 Å². The van der Waals surface area contributed by atoms with Crippen molar-refractivity contribution in [2.45, 2.75) is 6.42 Å². The van der Waals surface area contributed by atoms with Crippen molar-refractivity contribution in [1.82, 2.24) is 9.88 Å². The minimum Gasteiger partial charge on any atom is -0.489 e. The van der Waals surface area contributed by atoms with Gasteiger partial charge in [0.25, 0.3) is 0 Å². The maximum absolute atomic E-state index is 15.5. The minimum atomic E-state index is -0.382. The summed E-state index contributed by atoms with van der Waals surface area (Å²) in [5, 5.41) is 1.92. The molecule has 0 saturated heterocycles. The Kier molecular flexibility index (Phi) is 4.28. The summed E-state index contributed by atoms with van der Waals surface area (Å²) >= 11 is 0. The molecule has 0 fully saturated rings. The molecule has 5 nitrogen and oxygen atoms in total. The molecule has 3 aromatic rings. The van der Waals surface area contributed by atoms with Gasteiger partial charge in [0.1, 0.15) is 17.7 Å². The lowest BCUT2D eigenvalue weighted by Gasteiger charge is -2.14. The summed E-state index contributed by atoms with van der Waals surface area (Å²) in [6.45, 7) is 1.23. The zero-order valence-electron chi connectivity index (χ0n) is 16.4. The Morgan fingerprint density at radius 3 is 2.79 bits per heavy atom. The summed E-state index contributed by atoms with van der Waals surface area (Å²) < 4.78 is 21.7. The van der Waals surface area contributed by atoms with Gasteiger partial charge in [-0.3, -0.25) is 0 Å². The molecule has 0 unspecified atom stereocenters. The average Bonchev–Trinajstić information content (AvgIpc) is 3.34. The summed E-state index contributed by atoms with van der Waals surface area (Å²) in [6, 6.07) is 9.62. The molecule has 2 heterocycles. The van der Waals surface area contributed by atoms with Gasteiger partial charge in [0.05, 0.1) is 10.9 Å². The van der Waals surface area contributed by atoms with Crippen LogP contribution in [-0.2, 0) is 6.42 Å². The lowest BCUT2D eigenvalue weighted by atomic mass is 10.0. The number of aromatic nitrogens is 1. The van der Waals surface area contributed by atoms with Crippen LogP contribution in [0, 0.1) is 5.82 Å². The lowest BCUT2D eigenvalue weighted by Crippen LogP contribution is -2.20. The molecule has 2 aromatic carbocycles. The highest BCUT2D eigenvalue weighted by atomic mass is 19.1. The van der Waals surface area contributed by atoms with Gasteiger partial charge in [-0.1, -0.05) is 42.5 Å². The molecule has 0 radical (unpaired) electrons. The number of hydrogen-bond acceptors (Lipinski definition) is 4. The number of hydrogen-bond donors (Lipinski definition) is 1. The number of likely N-dealkylation sites (N-methyl/N-ethyl adjacent to an activating group) is 1. The summed E-state index contributed by atoms with van der Waals surface area (Å²) in [5.41, 5.74) is 2.79. The maximum atomic E-state index is 15.5. The first-order chi connectivity index (χ1) is 14.1. The van der Waals surface area contributed by atoms with Gasteiger partial charge in [-0.05, 0) is 32.2 Å². The van der Waals surface area contributed by atoms with E-state index in [-0.39, 0.29) is 11.2 Å². The Bertz CT molecular complexity index is 1290. The number of aliphatic imine (C=N–C) groups is 1. The van der Waals surface area contributed by atoms with Crippen molar-refractivity contribution in [3.8, 4) is 5.75 Å². The van der Waals surface area contributed by atoms with E-state index in [1.165, 1.54) is 0 Å². The van der Waals surface area contributed by atoms with Crippen molar-refractivity contribution in [1.29, 1.82) is 0 Å². The highest BCUT2D eigenvalue weighted by molar-refractivity contribution is 6.05. The Balaban J connectivity index is 1.74. The molecule has 0 saturated carbocycles. The molecule has 0 atom stereocenters. The van der Waals surface area contributed by atoms with Crippen LogP contribution in [0.2, 0.25) is 0 Å². The third-order valence-electron chi connectivity index (χ3n) is 5.20. The summed E-state index contributed by atoms with van der Waals surface area (Å²) in [7, 11) is 3.99.